The van der Waals surface area contributed by atoms with Gasteiger partial charge in [0.05, 0.1) is 31.0 Å². The van der Waals surface area contributed by atoms with Gasteiger partial charge in [-0.3, -0.25) is 9.36 Å². The maximum absolute atomic E-state index is 12.9. The predicted molar refractivity (Wildman–Crippen MR) is 102 cm³/mol. The fourth-order valence-corrected chi connectivity index (χ4v) is 3.60. The number of aromatic nitrogens is 3. The highest BCUT2D eigenvalue weighted by molar-refractivity contribution is 5.62. The van der Waals surface area contributed by atoms with Crippen molar-refractivity contribution >= 4 is 0 Å². The number of ether oxygens (including phenoxy) is 1. The van der Waals surface area contributed by atoms with E-state index in [1.54, 1.807) is 35.9 Å². The Morgan fingerprint density at radius 1 is 1.25 bits per heavy atom. The minimum Gasteiger partial charge on any atom is -0.497 e. The van der Waals surface area contributed by atoms with Crippen LogP contribution in [0, 0.1) is 18.3 Å². The average molecular weight is 376 g/mol. The third-order valence-corrected chi connectivity index (χ3v) is 5.06. The predicted octanol–water partition coefficient (Wildman–Crippen LogP) is 3.01. The molecule has 7 nitrogen and oxygen atoms in total. The molecule has 0 amide bonds. The van der Waals surface area contributed by atoms with Crippen LogP contribution in [0.3, 0.4) is 0 Å². The third kappa shape index (κ3) is 3.29. The van der Waals surface area contributed by atoms with Gasteiger partial charge < -0.3 is 9.26 Å². The van der Waals surface area contributed by atoms with Crippen LogP contribution in [0.2, 0.25) is 0 Å². The Labute approximate surface area is 162 Å². The second kappa shape index (κ2) is 7.31. The van der Waals surface area contributed by atoms with Crippen molar-refractivity contribution in [1.82, 2.24) is 14.7 Å². The molecule has 4 rings (SSSR count). The van der Waals surface area contributed by atoms with Gasteiger partial charge in [0.1, 0.15) is 17.3 Å². The zero-order valence-corrected chi connectivity index (χ0v) is 15.9. The van der Waals surface area contributed by atoms with E-state index in [2.05, 4.69) is 16.2 Å². The second-order valence-electron chi connectivity index (χ2n) is 6.93. The standard InChI is InChI=1S/C21H20N4O3/c1-13-23-19-6-4-3-5-18(19)21(26)25(13)12-16-10-20(28-24-16)15-7-14(11-22)8-17(9-15)27-2/h7-10H,3-6,12H2,1-2H3. The van der Waals surface area contributed by atoms with Crippen LogP contribution < -0.4 is 10.3 Å². The highest BCUT2D eigenvalue weighted by Gasteiger charge is 2.19. The minimum atomic E-state index is 0.0138. The summed E-state index contributed by atoms with van der Waals surface area (Å²) in [6.07, 6.45) is 3.77. The highest BCUT2D eigenvalue weighted by atomic mass is 16.5. The summed E-state index contributed by atoms with van der Waals surface area (Å²) >= 11 is 0. The van der Waals surface area contributed by atoms with Crippen molar-refractivity contribution in [3.63, 3.8) is 0 Å². The van der Waals surface area contributed by atoms with Crippen molar-refractivity contribution < 1.29 is 9.26 Å². The highest BCUT2D eigenvalue weighted by Crippen LogP contribution is 2.27. The van der Waals surface area contributed by atoms with Gasteiger partial charge >= 0.3 is 0 Å². The smallest absolute Gasteiger partial charge is 0.257 e. The van der Waals surface area contributed by atoms with Crippen molar-refractivity contribution in [3.05, 3.63) is 63.0 Å². The van der Waals surface area contributed by atoms with Gasteiger partial charge in [0.2, 0.25) is 0 Å². The van der Waals surface area contributed by atoms with Gasteiger partial charge in [-0.1, -0.05) is 5.16 Å². The number of methoxy groups -OCH3 is 1. The normalized spacial score (nSPS) is 13.0. The Hall–Kier alpha value is -3.40. The van der Waals surface area contributed by atoms with Crippen LogP contribution in [-0.4, -0.2) is 21.8 Å². The number of hydrogen-bond acceptors (Lipinski definition) is 6. The summed E-state index contributed by atoms with van der Waals surface area (Å²) in [5, 5.41) is 13.3. The molecule has 0 atom stereocenters. The van der Waals surface area contributed by atoms with Crippen molar-refractivity contribution in [1.29, 1.82) is 5.26 Å². The number of nitriles is 1. The lowest BCUT2D eigenvalue weighted by Gasteiger charge is -2.17. The Balaban J connectivity index is 1.67. The summed E-state index contributed by atoms with van der Waals surface area (Å²) < 4.78 is 12.4. The summed E-state index contributed by atoms with van der Waals surface area (Å²) in [6, 6.07) is 9.03. The lowest BCUT2D eigenvalue weighted by molar-refractivity contribution is 0.411. The fraction of sp³-hybridized carbons (Fsp3) is 0.333. The van der Waals surface area contributed by atoms with Crippen LogP contribution in [0.5, 0.6) is 5.75 Å². The van der Waals surface area contributed by atoms with E-state index in [1.165, 1.54) is 0 Å². The first-order chi connectivity index (χ1) is 13.6. The number of rotatable bonds is 4. The molecule has 2 heterocycles. The minimum absolute atomic E-state index is 0.0138. The van der Waals surface area contributed by atoms with Crippen LogP contribution in [-0.2, 0) is 19.4 Å². The van der Waals surface area contributed by atoms with E-state index in [-0.39, 0.29) is 5.56 Å². The van der Waals surface area contributed by atoms with Crippen LogP contribution in [0.15, 0.2) is 33.6 Å². The van der Waals surface area contributed by atoms with Gasteiger partial charge in [0.15, 0.2) is 5.76 Å². The number of aryl methyl sites for hydroxylation is 2. The summed E-state index contributed by atoms with van der Waals surface area (Å²) in [5.74, 6) is 1.77. The number of hydrogen-bond donors (Lipinski definition) is 0. The quantitative estimate of drug-likeness (QED) is 0.695. The molecule has 0 fully saturated rings. The average Bonchev–Trinajstić information content (AvgIpc) is 3.19. The summed E-state index contributed by atoms with van der Waals surface area (Å²) in [5.41, 5.74) is 3.57. The lowest BCUT2D eigenvalue weighted by Crippen LogP contribution is -2.31. The first-order valence-corrected chi connectivity index (χ1v) is 9.23. The summed E-state index contributed by atoms with van der Waals surface area (Å²) in [4.78, 5) is 17.5. The molecule has 142 valence electrons. The van der Waals surface area contributed by atoms with Gasteiger partial charge in [0, 0.05) is 17.2 Å². The lowest BCUT2D eigenvalue weighted by atomic mass is 9.97. The van der Waals surface area contributed by atoms with E-state index in [0.29, 0.717) is 40.7 Å². The Morgan fingerprint density at radius 3 is 2.86 bits per heavy atom. The maximum atomic E-state index is 12.9. The van der Waals surface area contributed by atoms with Crippen LogP contribution >= 0.6 is 0 Å². The van der Waals surface area contributed by atoms with Crippen molar-refractivity contribution in [2.75, 3.05) is 7.11 Å². The molecule has 0 radical (unpaired) electrons. The Kier molecular flexibility index (Phi) is 4.70. The molecule has 0 N–H and O–H groups in total. The molecule has 0 unspecified atom stereocenters. The number of benzene rings is 1. The first kappa shape index (κ1) is 18.0. The molecule has 0 spiro atoms. The van der Waals surface area contributed by atoms with Crippen LogP contribution in [0.4, 0.5) is 0 Å². The van der Waals surface area contributed by atoms with Crippen molar-refractivity contribution in [3.8, 4) is 23.1 Å². The van der Waals surface area contributed by atoms with Gasteiger partial charge in [-0.05, 0) is 50.8 Å². The SMILES string of the molecule is COc1cc(C#N)cc(-c2cc(Cn3c(C)nc4c(c3=O)CCCC4)no2)c1. The van der Waals surface area contributed by atoms with E-state index in [1.807, 2.05) is 6.92 Å². The molecule has 0 saturated carbocycles. The monoisotopic (exact) mass is 376 g/mol. The van der Waals surface area contributed by atoms with E-state index < -0.39 is 0 Å². The molecule has 1 aliphatic carbocycles. The molecule has 0 bridgehead atoms. The van der Waals surface area contributed by atoms with Crippen LogP contribution in [0.25, 0.3) is 11.3 Å². The molecule has 7 heteroatoms. The Morgan fingerprint density at radius 2 is 2.07 bits per heavy atom. The molecule has 3 aromatic rings. The van der Waals surface area contributed by atoms with E-state index >= 15 is 0 Å². The van der Waals surface area contributed by atoms with Gasteiger partial charge in [0.25, 0.3) is 5.56 Å². The van der Waals surface area contributed by atoms with Gasteiger partial charge in [-0.2, -0.15) is 5.26 Å². The van der Waals surface area contributed by atoms with Crippen LogP contribution in [0.1, 0.15) is 41.2 Å². The maximum Gasteiger partial charge on any atom is 0.257 e. The molecule has 28 heavy (non-hydrogen) atoms. The first-order valence-electron chi connectivity index (χ1n) is 9.23. The van der Waals surface area contributed by atoms with Gasteiger partial charge in [-0.15, -0.1) is 0 Å². The molecular weight excluding hydrogens is 356 g/mol. The zero-order valence-electron chi connectivity index (χ0n) is 15.9. The summed E-state index contributed by atoms with van der Waals surface area (Å²) in [7, 11) is 1.55. The molecule has 1 aliphatic rings. The zero-order chi connectivity index (χ0) is 19.7. The Bertz CT molecular complexity index is 1140. The number of nitrogens with zero attached hydrogens (tertiary/aromatic N) is 4. The molecule has 0 saturated heterocycles. The summed E-state index contributed by atoms with van der Waals surface area (Å²) in [6.45, 7) is 2.14. The third-order valence-electron chi connectivity index (χ3n) is 5.06. The molecule has 1 aromatic carbocycles. The molecule has 0 aliphatic heterocycles. The molecular formula is C21H20N4O3. The van der Waals surface area contributed by atoms with E-state index in [4.69, 9.17) is 9.26 Å². The topological polar surface area (TPSA) is 93.9 Å². The van der Waals surface area contributed by atoms with Crippen molar-refractivity contribution in [2.24, 2.45) is 0 Å². The van der Waals surface area contributed by atoms with Crippen molar-refractivity contribution in [2.45, 2.75) is 39.2 Å². The van der Waals surface area contributed by atoms with E-state index in [9.17, 15) is 10.1 Å². The fourth-order valence-electron chi connectivity index (χ4n) is 3.60. The van der Waals surface area contributed by atoms with E-state index in [0.717, 1.165) is 36.9 Å². The number of fused-ring (bicyclic) bond motifs is 1. The largest absolute Gasteiger partial charge is 0.497 e. The molecule has 2 aromatic heterocycles. The van der Waals surface area contributed by atoms with Gasteiger partial charge in [-0.25, -0.2) is 4.98 Å². The second-order valence-corrected chi connectivity index (χ2v) is 6.93.